The molecule has 0 saturated carbocycles. The Kier molecular flexibility index (Phi) is 9.18. The van der Waals surface area contributed by atoms with Crippen LogP contribution in [0.1, 0.15) is 16.7 Å². The van der Waals surface area contributed by atoms with Gasteiger partial charge in [0.05, 0.1) is 20.4 Å². The van der Waals surface area contributed by atoms with Gasteiger partial charge in [0.25, 0.3) is 0 Å². The lowest BCUT2D eigenvalue weighted by atomic mass is 10.1. The maximum absolute atomic E-state index is 13.0. The Morgan fingerprint density at radius 1 is 0.914 bits per heavy atom. The standard InChI is InChI=1S/C26H26FN3O5/c1-33-23-11-8-18(15-24(23)34-2)12-13-28-25(31)26(32)30-29-16-20-4-3-5-22(14-20)35-17-19-6-9-21(27)10-7-19/h3-11,14-16H,12-13,17H2,1-2H3,(H,28,31)(H,30,32)/b29-16-. The van der Waals surface area contributed by atoms with Crippen LogP contribution in [-0.4, -0.2) is 38.8 Å². The first-order chi connectivity index (χ1) is 17.0. The number of amides is 2. The van der Waals surface area contributed by atoms with Gasteiger partial charge in [0.15, 0.2) is 11.5 Å². The Balaban J connectivity index is 1.43. The Hall–Kier alpha value is -4.40. The van der Waals surface area contributed by atoms with Crippen LogP contribution in [0.2, 0.25) is 0 Å². The van der Waals surface area contributed by atoms with E-state index >= 15 is 0 Å². The summed E-state index contributed by atoms with van der Waals surface area (Å²) in [5.41, 5.74) is 4.61. The lowest BCUT2D eigenvalue weighted by Crippen LogP contribution is -2.38. The summed E-state index contributed by atoms with van der Waals surface area (Å²) in [6, 6.07) is 18.5. The van der Waals surface area contributed by atoms with E-state index in [-0.39, 0.29) is 19.0 Å². The molecule has 0 fully saturated rings. The second-order valence-electron chi connectivity index (χ2n) is 7.38. The SMILES string of the molecule is COc1ccc(CCNC(=O)C(=O)N/N=C\c2cccc(OCc3ccc(F)cc3)c2)cc1OC. The van der Waals surface area contributed by atoms with Crippen LogP contribution in [0.5, 0.6) is 17.2 Å². The average Bonchev–Trinajstić information content (AvgIpc) is 2.88. The van der Waals surface area contributed by atoms with Gasteiger partial charge in [-0.2, -0.15) is 5.10 Å². The zero-order valence-corrected chi connectivity index (χ0v) is 19.4. The summed E-state index contributed by atoms with van der Waals surface area (Å²) >= 11 is 0. The monoisotopic (exact) mass is 479 g/mol. The fourth-order valence-electron chi connectivity index (χ4n) is 3.08. The number of rotatable bonds is 10. The van der Waals surface area contributed by atoms with Crippen molar-refractivity contribution in [1.82, 2.24) is 10.7 Å². The van der Waals surface area contributed by atoms with E-state index in [1.165, 1.54) is 18.3 Å². The minimum absolute atomic E-state index is 0.263. The Morgan fingerprint density at radius 2 is 1.66 bits per heavy atom. The fraction of sp³-hybridized carbons (Fsp3) is 0.192. The molecule has 3 aromatic carbocycles. The molecule has 9 heteroatoms. The molecule has 2 N–H and O–H groups in total. The van der Waals surface area contributed by atoms with Gasteiger partial charge in [-0.1, -0.05) is 30.3 Å². The summed E-state index contributed by atoms with van der Waals surface area (Å²) in [7, 11) is 3.10. The second-order valence-corrected chi connectivity index (χ2v) is 7.38. The van der Waals surface area contributed by atoms with Crippen LogP contribution < -0.4 is 25.0 Å². The van der Waals surface area contributed by atoms with E-state index in [1.54, 1.807) is 56.7 Å². The van der Waals surface area contributed by atoms with E-state index in [0.717, 1.165) is 11.1 Å². The van der Waals surface area contributed by atoms with E-state index in [9.17, 15) is 14.0 Å². The number of nitrogens with one attached hydrogen (secondary N) is 2. The van der Waals surface area contributed by atoms with Gasteiger partial charge in [-0.15, -0.1) is 0 Å². The van der Waals surface area contributed by atoms with Crippen LogP contribution in [0.3, 0.4) is 0 Å². The van der Waals surface area contributed by atoms with Crippen molar-refractivity contribution >= 4 is 18.0 Å². The number of carbonyl (C=O) groups is 2. The first-order valence-corrected chi connectivity index (χ1v) is 10.8. The summed E-state index contributed by atoms with van der Waals surface area (Å²) in [5, 5.41) is 6.38. The lowest BCUT2D eigenvalue weighted by Gasteiger charge is -2.10. The molecule has 0 bridgehead atoms. The van der Waals surface area contributed by atoms with Gasteiger partial charge in [0.1, 0.15) is 18.2 Å². The van der Waals surface area contributed by atoms with E-state index in [4.69, 9.17) is 14.2 Å². The quantitative estimate of drug-likeness (QED) is 0.264. The molecular weight excluding hydrogens is 453 g/mol. The zero-order chi connectivity index (χ0) is 25.0. The maximum Gasteiger partial charge on any atom is 0.329 e. The minimum Gasteiger partial charge on any atom is -0.493 e. The predicted molar refractivity (Wildman–Crippen MR) is 129 cm³/mol. The summed E-state index contributed by atoms with van der Waals surface area (Å²) in [5.74, 6) is -0.190. The predicted octanol–water partition coefficient (Wildman–Crippen LogP) is 3.23. The van der Waals surface area contributed by atoms with Gasteiger partial charge in [-0.25, -0.2) is 9.82 Å². The van der Waals surface area contributed by atoms with Crippen molar-refractivity contribution in [1.29, 1.82) is 0 Å². The highest BCUT2D eigenvalue weighted by molar-refractivity contribution is 6.35. The van der Waals surface area contributed by atoms with Crippen molar-refractivity contribution in [2.75, 3.05) is 20.8 Å². The third-order valence-corrected chi connectivity index (χ3v) is 4.91. The van der Waals surface area contributed by atoms with E-state index < -0.39 is 11.8 Å². The van der Waals surface area contributed by atoms with E-state index in [1.807, 2.05) is 12.1 Å². The Bertz CT molecular complexity index is 1180. The smallest absolute Gasteiger partial charge is 0.329 e. The molecule has 0 spiro atoms. The van der Waals surface area contributed by atoms with E-state index in [0.29, 0.717) is 29.2 Å². The summed E-state index contributed by atoms with van der Waals surface area (Å²) in [6.07, 6.45) is 1.91. The summed E-state index contributed by atoms with van der Waals surface area (Å²) in [6.45, 7) is 0.542. The third kappa shape index (κ3) is 7.85. The van der Waals surface area contributed by atoms with Crippen LogP contribution in [0.25, 0.3) is 0 Å². The molecule has 3 aromatic rings. The van der Waals surface area contributed by atoms with Crippen LogP contribution in [0.15, 0.2) is 71.8 Å². The van der Waals surface area contributed by atoms with Crippen LogP contribution in [0, 0.1) is 5.82 Å². The number of hydrogen-bond donors (Lipinski definition) is 2. The fourth-order valence-corrected chi connectivity index (χ4v) is 3.08. The molecule has 0 aromatic heterocycles. The third-order valence-electron chi connectivity index (χ3n) is 4.91. The van der Waals surface area contributed by atoms with Crippen molar-refractivity contribution in [3.05, 3.63) is 89.2 Å². The number of benzene rings is 3. The van der Waals surface area contributed by atoms with Crippen LogP contribution in [-0.2, 0) is 22.6 Å². The average molecular weight is 480 g/mol. The molecule has 0 unspecified atom stereocenters. The molecule has 8 nitrogen and oxygen atoms in total. The molecule has 182 valence electrons. The molecule has 2 amide bonds. The van der Waals surface area contributed by atoms with Crippen molar-refractivity contribution < 1.29 is 28.2 Å². The normalized spacial score (nSPS) is 10.6. The van der Waals surface area contributed by atoms with Crippen LogP contribution >= 0.6 is 0 Å². The number of ether oxygens (including phenoxy) is 3. The number of hydrazone groups is 1. The Labute approximate surface area is 202 Å². The van der Waals surface area contributed by atoms with Gasteiger partial charge in [-0.05, 0) is 59.5 Å². The van der Waals surface area contributed by atoms with Gasteiger partial charge in [-0.3, -0.25) is 9.59 Å². The van der Waals surface area contributed by atoms with Crippen LogP contribution in [0.4, 0.5) is 4.39 Å². The second kappa shape index (κ2) is 12.7. The summed E-state index contributed by atoms with van der Waals surface area (Å²) in [4.78, 5) is 24.0. The molecule has 0 atom stereocenters. The number of methoxy groups -OCH3 is 2. The first-order valence-electron chi connectivity index (χ1n) is 10.8. The molecule has 0 aliphatic heterocycles. The topological polar surface area (TPSA) is 98.2 Å². The first kappa shape index (κ1) is 25.2. The van der Waals surface area contributed by atoms with Gasteiger partial charge in [0.2, 0.25) is 0 Å². The van der Waals surface area contributed by atoms with Crippen molar-refractivity contribution in [3.63, 3.8) is 0 Å². The molecule has 0 radical (unpaired) electrons. The van der Waals surface area contributed by atoms with Crippen molar-refractivity contribution in [3.8, 4) is 17.2 Å². The van der Waals surface area contributed by atoms with Gasteiger partial charge < -0.3 is 19.5 Å². The number of nitrogens with zero attached hydrogens (tertiary/aromatic N) is 1. The van der Waals surface area contributed by atoms with Crippen molar-refractivity contribution in [2.24, 2.45) is 5.10 Å². The molecule has 0 heterocycles. The molecule has 0 aliphatic rings. The minimum atomic E-state index is -0.878. The number of hydrogen-bond acceptors (Lipinski definition) is 6. The molecule has 3 rings (SSSR count). The lowest BCUT2D eigenvalue weighted by molar-refractivity contribution is -0.139. The molecular formula is C26H26FN3O5. The highest BCUT2D eigenvalue weighted by Gasteiger charge is 2.12. The summed E-state index contributed by atoms with van der Waals surface area (Å²) < 4.78 is 29.1. The highest BCUT2D eigenvalue weighted by atomic mass is 19.1. The number of halogens is 1. The Morgan fingerprint density at radius 3 is 2.40 bits per heavy atom. The largest absolute Gasteiger partial charge is 0.493 e. The maximum atomic E-state index is 13.0. The van der Waals surface area contributed by atoms with E-state index in [2.05, 4.69) is 15.8 Å². The van der Waals surface area contributed by atoms with Gasteiger partial charge in [0, 0.05) is 6.54 Å². The highest BCUT2D eigenvalue weighted by Crippen LogP contribution is 2.27. The molecule has 0 saturated heterocycles. The van der Waals surface area contributed by atoms with Crippen molar-refractivity contribution in [2.45, 2.75) is 13.0 Å². The number of carbonyl (C=O) groups excluding carboxylic acids is 2. The van der Waals surface area contributed by atoms with Gasteiger partial charge >= 0.3 is 11.8 Å². The molecule has 0 aliphatic carbocycles. The zero-order valence-electron chi connectivity index (χ0n) is 19.4. The molecule has 35 heavy (non-hydrogen) atoms.